The second-order valence-electron chi connectivity index (χ2n) is 5.02. The normalized spacial score (nSPS) is 22.3. The first kappa shape index (κ1) is 15.1. The Bertz CT molecular complexity index is 587. The van der Waals surface area contributed by atoms with Crippen molar-refractivity contribution in [1.82, 2.24) is 0 Å². The van der Waals surface area contributed by atoms with Crippen LogP contribution in [-0.4, -0.2) is 29.3 Å². The molecule has 0 spiro atoms. The molecule has 0 saturated carbocycles. The minimum absolute atomic E-state index is 0.0175. The average Bonchev–Trinajstić information content (AvgIpc) is 2.62. The van der Waals surface area contributed by atoms with Gasteiger partial charge in [-0.05, 0) is 25.1 Å². The van der Waals surface area contributed by atoms with Crippen LogP contribution in [0.2, 0.25) is 0 Å². The molecule has 0 radical (unpaired) electrons. The van der Waals surface area contributed by atoms with Gasteiger partial charge in [0.25, 0.3) is 0 Å². The van der Waals surface area contributed by atoms with Gasteiger partial charge in [0.2, 0.25) is 0 Å². The Morgan fingerprint density at radius 3 is 2.71 bits per heavy atom. The number of carbonyl (C=O) groups is 2. The van der Waals surface area contributed by atoms with Gasteiger partial charge in [0.1, 0.15) is 5.60 Å². The van der Waals surface area contributed by atoms with Crippen LogP contribution in [0.4, 0.5) is 23.7 Å². The summed E-state index contributed by atoms with van der Waals surface area (Å²) in [6, 6.07) is 4.23. The molecule has 21 heavy (non-hydrogen) atoms. The van der Waals surface area contributed by atoms with E-state index in [-0.39, 0.29) is 12.2 Å². The number of anilines is 1. The summed E-state index contributed by atoms with van der Waals surface area (Å²) in [6.07, 6.45) is -5.81. The van der Waals surface area contributed by atoms with Crippen molar-refractivity contribution in [3.05, 3.63) is 29.8 Å². The second kappa shape index (κ2) is 4.94. The van der Waals surface area contributed by atoms with Gasteiger partial charge < -0.3 is 9.84 Å². The predicted molar refractivity (Wildman–Crippen MR) is 65.9 cm³/mol. The van der Waals surface area contributed by atoms with Crippen molar-refractivity contribution in [2.24, 2.45) is 0 Å². The van der Waals surface area contributed by atoms with Gasteiger partial charge in [-0.2, -0.15) is 13.2 Å². The van der Waals surface area contributed by atoms with Crippen molar-refractivity contribution in [2.75, 3.05) is 11.4 Å². The van der Waals surface area contributed by atoms with Gasteiger partial charge in [-0.25, -0.2) is 4.79 Å². The minimum Gasteiger partial charge on any atom is -0.481 e. The number of benzene rings is 1. The summed E-state index contributed by atoms with van der Waals surface area (Å²) >= 11 is 0. The van der Waals surface area contributed by atoms with Crippen molar-refractivity contribution >= 4 is 17.7 Å². The second-order valence-corrected chi connectivity index (χ2v) is 5.02. The van der Waals surface area contributed by atoms with Gasteiger partial charge in [0, 0.05) is 5.69 Å². The van der Waals surface area contributed by atoms with Crippen molar-refractivity contribution in [3.8, 4) is 0 Å². The number of hydrogen-bond acceptors (Lipinski definition) is 3. The SMILES string of the molecule is CC1(CC(=O)O)CN(c2cccc(C(F)(F)F)c2)C(=O)O1. The average molecular weight is 303 g/mol. The third-order valence-electron chi connectivity index (χ3n) is 3.06. The molecule has 1 saturated heterocycles. The highest BCUT2D eigenvalue weighted by Crippen LogP contribution is 2.34. The highest BCUT2D eigenvalue weighted by molar-refractivity contribution is 5.91. The maximum absolute atomic E-state index is 12.7. The lowest BCUT2D eigenvalue weighted by Crippen LogP contribution is -2.33. The summed E-state index contributed by atoms with van der Waals surface area (Å²) < 4.78 is 43.0. The summed E-state index contributed by atoms with van der Waals surface area (Å²) in [5, 5.41) is 8.77. The number of rotatable bonds is 3. The van der Waals surface area contributed by atoms with Crippen molar-refractivity contribution in [2.45, 2.75) is 25.1 Å². The number of halogens is 3. The molecule has 0 aromatic heterocycles. The quantitative estimate of drug-likeness (QED) is 0.932. The molecule has 1 unspecified atom stereocenters. The molecule has 2 rings (SSSR count). The molecule has 1 heterocycles. The lowest BCUT2D eigenvalue weighted by atomic mass is 10.0. The van der Waals surface area contributed by atoms with Crippen LogP contribution >= 0.6 is 0 Å². The van der Waals surface area contributed by atoms with Crippen molar-refractivity contribution < 1.29 is 32.6 Å². The number of carbonyl (C=O) groups excluding carboxylic acids is 1. The fourth-order valence-electron chi connectivity index (χ4n) is 2.16. The van der Waals surface area contributed by atoms with E-state index in [1.165, 1.54) is 19.1 Å². The van der Waals surface area contributed by atoms with Crippen LogP contribution < -0.4 is 4.90 Å². The number of cyclic esters (lactones) is 1. The van der Waals surface area contributed by atoms with Gasteiger partial charge >= 0.3 is 18.2 Å². The zero-order valence-corrected chi connectivity index (χ0v) is 11.0. The summed E-state index contributed by atoms with van der Waals surface area (Å²) in [5.41, 5.74) is -2.14. The smallest absolute Gasteiger partial charge is 0.416 e. The largest absolute Gasteiger partial charge is 0.481 e. The first-order valence-electron chi connectivity index (χ1n) is 6.00. The maximum atomic E-state index is 12.7. The third kappa shape index (κ3) is 3.26. The Kier molecular flexibility index (Phi) is 3.56. The van der Waals surface area contributed by atoms with Crippen LogP contribution in [-0.2, 0) is 15.7 Å². The number of aliphatic carboxylic acids is 1. The van der Waals surface area contributed by atoms with Crippen LogP contribution in [0.3, 0.4) is 0 Å². The lowest BCUT2D eigenvalue weighted by Gasteiger charge is -2.19. The first-order valence-corrected chi connectivity index (χ1v) is 6.00. The van der Waals surface area contributed by atoms with Gasteiger partial charge in [-0.1, -0.05) is 6.07 Å². The molecule has 1 aromatic rings. The summed E-state index contributed by atoms with van der Waals surface area (Å²) in [5.74, 6) is -1.16. The molecular formula is C13H12F3NO4. The fourth-order valence-corrected chi connectivity index (χ4v) is 2.16. The van der Waals surface area contributed by atoms with E-state index in [0.29, 0.717) is 0 Å². The Morgan fingerprint density at radius 2 is 2.14 bits per heavy atom. The van der Waals surface area contributed by atoms with E-state index >= 15 is 0 Å². The number of nitrogens with zero attached hydrogens (tertiary/aromatic N) is 1. The molecule has 1 aliphatic heterocycles. The monoisotopic (exact) mass is 303 g/mol. The van der Waals surface area contributed by atoms with Gasteiger partial charge in [-0.3, -0.25) is 9.69 Å². The van der Waals surface area contributed by atoms with Gasteiger partial charge in [-0.15, -0.1) is 0 Å². The van der Waals surface area contributed by atoms with Gasteiger partial charge in [0.15, 0.2) is 0 Å². The predicted octanol–water partition coefficient (Wildman–Crippen LogP) is 2.90. The number of carboxylic acids is 1. The van der Waals surface area contributed by atoms with E-state index in [0.717, 1.165) is 17.0 Å². The number of ether oxygens (including phenoxy) is 1. The van der Waals surface area contributed by atoms with E-state index < -0.39 is 35.8 Å². The molecular weight excluding hydrogens is 291 g/mol. The van der Waals surface area contributed by atoms with E-state index in [2.05, 4.69) is 0 Å². The molecule has 1 amide bonds. The molecule has 114 valence electrons. The highest BCUT2D eigenvalue weighted by Gasteiger charge is 2.44. The van der Waals surface area contributed by atoms with Gasteiger partial charge in [0.05, 0.1) is 18.5 Å². The van der Waals surface area contributed by atoms with Crippen molar-refractivity contribution in [1.29, 1.82) is 0 Å². The Balaban J connectivity index is 2.27. The number of amides is 1. The number of alkyl halides is 3. The molecule has 1 fully saturated rings. The Hall–Kier alpha value is -2.25. The summed E-state index contributed by atoms with van der Waals surface area (Å²) in [7, 11) is 0. The van der Waals surface area contributed by atoms with Crippen LogP contribution in [0.15, 0.2) is 24.3 Å². The fraction of sp³-hybridized carbons (Fsp3) is 0.385. The first-order chi connectivity index (χ1) is 9.61. The van der Waals surface area contributed by atoms with Crippen molar-refractivity contribution in [3.63, 3.8) is 0 Å². The number of carboxylic acid groups (broad SMARTS) is 1. The van der Waals surface area contributed by atoms with E-state index in [9.17, 15) is 22.8 Å². The molecule has 1 aromatic carbocycles. The standard InChI is InChI=1S/C13H12F3NO4/c1-12(6-10(18)19)7-17(11(20)21-12)9-4-2-3-8(5-9)13(14,15)16/h2-5H,6-7H2,1H3,(H,18,19). The molecule has 5 nitrogen and oxygen atoms in total. The summed E-state index contributed by atoms with van der Waals surface area (Å²) in [6.45, 7) is 1.30. The number of hydrogen-bond donors (Lipinski definition) is 1. The van der Waals surface area contributed by atoms with E-state index in [1.807, 2.05) is 0 Å². The molecule has 0 bridgehead atoms. The highest BCUT2D eigenvalue weighted by atomic mass is 19.4. The van der Waals surface area contributed by atoms with E-state index in [1.54, 1.807) is 0 Å². The zero-order chi connectivity index (χ0) is 15.8. The van der Waals surface area contributed by atoms with Crippen LogP contribution in [0.25, 0.3) is 0 Å². The van der Waals surface area contributed by atoms with Crippen LogP contribution in [0.1, 0.15) is 18.9 Å². The van der Waals surface area contributed by atoms with Crippen LogP contribution in [0.5, 0.6) is 0 Å². The molecule has 1 aliphatic rings. The Labute approximate surface area is 117 Å². The summed E-state index contributed by atoms with van der Waals surface area (Å²) in [4.78, 5) is 23.5. The topological polar surface area (TPSA) is 66.8 Å². The lowest BCUT2D eigenvalue weighted by molar-refractivity contribution is -0.141. The molecule has 1 N–H and O–H groups in total. The Morgan fingerprint density at radius 1 is 1.48 bits per heavy atom. The van der Waals surface area contributed by atoms with Crippen LogP contribution in [0, 0.1) is 0 Å². The molecule has 0 aliphatic carbocycles. The maximum Gasteiger partial charge on any atom is 0.416 e. The molecule has 8 heteroatoms. The molecule has 1 atom stereocenters. The minimum atomic E-state index is -4.52. The van der Waals surface area contributed by atoms with E-state index in [4.69, 9.17) is 9.84 Å². The zero-order valence-electron chi connectivity index (χ0n) is 11.0. The third-order valence-corrected chi connectivity index (χ3v) is 3.06.